The lowest BCUT2D eigenvalue weighted by Gasteiger charge is -2.42. The Hall–Kier alpha value is -3.29. The number of hydrogen-bond acceptors (Lipinski definition) is 12. The van der Waals surface area contributed by atoms with E-state index in [1.807, 2.05) is 0 Å². The summed E-state index contributed by atoms with van der Waals surface area (Å²) < 4.78 is 16.8. The lowest BCUT2D eigenvalue weighted by atomic mass is 9.92. The zero-order valence-corrected chi connectivity index (χ0v) is 17.1. The van der Waals surface area contributed by atoms with Gasteiger partial charge in [-0.05, 0) is 19.1 Å². The Balaban J connectivity index is 1.78. The van der Waals surface area contributed by atoms with Crippen molar-refractivity contribution in [1.29, 1.82) is 0 Å². The van der Waals surface area contributed by atoms with Crippen LogP contribution in [0.3, 0.4) is 0 Å². The van der Waals surface area contributed by atoms with Gasteiger partial charge in [0, 0.05) is 17.7 Å². The van der Waals surface area contributed by atoms with E-state index in [-0.39, 0.29) is 16.9 Å². The van der Waals surface area contributed by atoms with Gasteiger partial charge in [-0.2, -0.15) is 0 Å². The van der Waals surface area contributed by atoms with Crippen molar-refractivity contribution in [2.24, 2.45) is 0 Å². The molecule has 0 spiro atoms. The monoisotopic (exact) mass is 466 g/mol. The fourth-order valence-corrected chi connectivity index (χ4v) is 3.84. The summed E-state index contributed by atoms with van der Waals surface area (Å²) in [6, 6.07) is 3.96. The first kappa shape index (κ1) is 22.9. The summed E-state index contributed by atoms with van der Waals surface area (Å²) in [4.78, 5) is 13.3. The van der Waals surface area contributed by atoms with Crippen molar-refractivity contribution in [3.8, 4) is 34.5 Å². The molecular formula is C21H22O12. The Bertz CT molecular complexity index is 1060. The van der Waals surface area contributed by atoms with Crippen LogP contribution in [-0.4, -0.2) is 83.4 Å². The van der Waals surface area contributed by atoms with Gasteiger partial charge in [-0.15, -0.1) is 0 Å². The van der Waals surface area contributed by atoms with Gasteiger partial charge in [0.2, 0.25) is 5.78 Å². The van der Waals surface area contributed by atoms with E-state index in [4.69, 9.17) is 14.2 Å². The lowest BCUT2D eigenvalue weighted by Crippen LogP contribution is -2.59. The standard InChI is InChI=1S/C21H22O12/c1-6-14(26)17(29)18(30)21(31-6)33-20-16(28)13-9(23)4-8(22)5-12(13)32-19(20)7-2-10(24)15(27)11(25)3-7/h2-6,14,17-27,29-30H,1H3. The molecule has 178 valence electrons. The molecule has 1 fully saturated rings. The summed E-state index contributed by atoms with van der Waals surface area (Å²) in [7, 11) is 0. The maximum absolute atomic E-state index is 13.3. The van der Waals surface area contributed by atoms with Crippen LogP contribution in [0.2, 0.25) is 0 Å². The number of ketones is 1. The van der Waals surface area contributed by atoms with Crippen LogP contribution < -0.4 is 4.74 Å². The Morgan fingerprint density at radius 2 is 1.48 bits per heavy atom. The van der Waals surface area contributed by atoms with Gasteiger partial charge in [0.05, 0.1) is 6.10 Å². The number of carbonyl (C=O) groups is 1. The molecule has 0 amide bonds. The minimum atomic E-state index is -1.76. The molecule has 4 rings (SSSR count). The average molecular weight is 466 g/mol. The number of aliphatic hydroxyl groups is 3. The molecule has 1 saturated heterocycles. The highest BCUT2D eigenvalue weighted by Crippen LogP contribution is 2.46. The smallest absolute Gasteiger partial charge is 0.203 e. The third kappa shape index (κ3) is 3.87. The van der Waals surface area contributed by atoms with Crippen LogP contribution in [0, 0.1) is 0 Å². The molecule has 0 bridgehead atoms. The van der Waals surface area contributed by atoms with Crippen LogP contribution in [0.15, 0.2) is 24.3 Å². The largest absolute Gasteiger partial charge is 0.508 e. The van der Waals surface area contributed by atoms with E-state index in [9.17, 15) is 45.6 Å². The number of phenolic OH excluding ortho intramolecular Hbond substituents is 5. The molecule has 0 saturated carbocycles. The highest BCUT2D eigenvalue weighted by molar-refractivity contribution is 6.05. The molecule has 2 aromatic rings. The number of rotatable bonds is 3. The number of fused-ring (bicyclic) bond motifs is 1. The molecule has 33 heavy (non-hydrogen) atoms. The first-order chi connectivity index (χ1) is 15.5. The van der Waals surface area contributed by atoms with Gasteiger partial charge in [0.1, 0.15) is 41.1 Å². The third-order valence-electron chi connectivity index (χ3n) is 5.61. The van der Waals surface area contributed by atoms with Gasteiger partial charge in [-0.25, -0.2) is 0 Å². The normalized spacial score (nSPS) is 31.6. The number of Topliss-reactive ketones (excluding diaryl/α,β-unsaturated/α-hetero) is 1. The van der Waals surface area contributed by atoms with Crippen LogP contribution in [-0.2, 0) is 9.47 Å². The van der Waals surface area contributed by atoms with E-state index < -0.39 is 77.4 Å². The topological polar surface area (TPSA) is 207 Å². The van der Waals surface area contributed by atoms with E-state index in [0.29, 0.717) is 0 Å². The van der Waals surface area contributed by atoms with Crippen molar-refractivity contribution >= 4 is 5.78 Å². The summed E-state index contributed by atoms with van der Waals surface area (Å²) in [5.74, 6) is -4.40. The van der Waals surface area contributed by atoms with Crippen LogP contribution >= 0.6 is 0 Å². The predicted molar refractivity (Wildman–Crippen MR) is 106 cm³/mol. The summed E-state index contributed by atoms with van der Waals surface area (Å²) in [5.41, 5.74) is -0.395. The van der Waals surface area contributed by atoms with Gasteiger partial charge < -0.3 is 55.1 Å². The summed E-state index contributed by atoms with van der Waals surface area (Å²) in [6.07, 6.45) is -10.5. The molecule has 2 aliphatic rings. The van der Waals surface area contributed by atoms with Crippen molar-refractivity contribution in [3.63, 3.8) is 0 Å². The van der Waals surface area contributed by atoms with E-state index in [1.165, 1.54) is 6.92 Å². The van der Waals surface area contributed by atoms with Crippen molar-refractivity contribution in [2.75, 3.05) is 0 Å². The summed E-state index contributed by atoms with van der Waals surface area (Å²) in [6.45, 7) is 1.41. The number of ether oxygens (including phenoxy) is 3. The minimum absolute atomic E-state index is 0.0476. The zero-order chi connectivity index (χ0) is 24.2. The van der Waals surface area contributed by atoms with Crippen LogP contribution in [0.4, 0.5) is 0 Å². The number of carbonyl (C=O) groups excluding carboxylic acids is 1. The molecule has 12 heteroatoms. The molecule has 0 aliphatic carbocycles. The highest BCUT2D eigenvalue weighted by Gasteiger charge is 2.48. The maximum atomic E-state index is 13.3. The first-order valence-electron chi connectivity index (χ1n) is 9.86. The zero-order valence-electron chi connectivity index (χ0n) is 17.1. The molecule has 0 radical (unpaired) electrons. The minimum Gasteiger partial charge on any atom is -0.508 e. The predicted octanol–water partition coefficient (Wildman–Crippen LogP) is -0.256. The number of aliphatic hydroxyl groups excluding tert-OH is 3. The van der Waals surface area contributed by atoms with Crippen LogP contribution in [0.5, 0.6) is 34.5 Å². The van der Waals surface area contributed by atoms with Gasteiger partial charge in [0.25, 0.3) is 0 Å². The van der Waals surface area contributed by atoms with E-state index in [0.717, 1.165) is 24.3 Å². The second-order valence-corrected chi connectivity index (χ2v) is 7.89. The Morgan fingerprint density at radius 1 is 0.848 bits per heavy atom. The molecule has 2 heterocycles. The molecule has 7 atom stereocenters. The van der Waals surface area contributed by atoms with E-state index in [2.05, 4.69) is 0 Å². The van der Waals surface area contributed by atoms with Crippen molar-refractivity contribution in [1.82, 2.24) is 0 Å². The molecule has 12 nitrogen and oxygen atoms in total. The number of aromatic hydroxyl groups is 5. The van der Waals surface area contributed by atoms with Crippen molar-refractivity contribution in [3.05, 3.63) is 35.4 Å². The average Bonchev–Trinajstić information content (AvgIpc) is 2.74. The van der Waals surface area contributed by atoms with Gasteiger partial charge in [0.15, 0.2) is 35.7 Å². The van der Waals surface area contributed by atoms with Crippen molar-refractivity contribution < 1.29 is 59.9 Å². The van der Waals surface area contributed by atoms with E-state index in [1.54, 1.807) is 0 Å². The number of hydrogen-bond donors (Lipinski definition) is 8. The van der Waals surface area contributed by atoms with Crippen LogP contribution in [0.25, 0.3) is 0 Å². The SMILES string of the molecule is CC1OC(OC2C(=O)c3c(O)cc(O)cc3OC2c2cc(O)c(O)c(O)c2)C(O)C(O)C1O. The second-order valence-electron chi connectivity index (χ2n) is 7.89. The first-order valence-corrected chi connectivity index (χ1v) is 9.86. The van der Waals surface area contributed by atoms with Gasteiger partial charge >= 0.3 is 0 Å². The summed E-state index contributed by atoms with van der Waals surface area (Å²) >= 11 is 0. The Labute approximate surface area is 186 Å². The molecular weight excluding hydrogens is 444 g/mol. The molecule has 2 aliphatic heterocycles. The molecule has 0 aromatic heterocycles. The fourth-order valence-electron chi connectivity index (χ4n) is 3.84. The number of benzene rings is 2. The van der Waals surface area contributed by atoms with Gasteiger partial charge in [-0.1, -0.05) is 0 Å². The highest BCUT2D eigenvalue weighted by atomic mass is 16.7. The van der Waals surface area contributed by atoms with Gasteiger partial charge in [-0.3, -0.25) is 4.79 Å². The van der Waals surface area contributed by atoms with Crippen LogP contribution in [0.1, 0.15) is 28.9 Å². The molecule has 2 aromatic carbocycles. The third-order valence-corrected chi connectivity index (χ3v) is 5.61. The lowest BCUT2D eigenvalue weighted by molar-refractivity contribution is -0.304. The second kappa shape index (κ2) is 8.24. The Kier molecular flexibility index (Phi) is 5.72. The summed E-state index contributed by atoms with van der Waals surface area (Å²) in [5, 5.41) is 79.7. The fraction of sp³-hybridized carbons (Fsp3) is 0.381. The molecule has 7 unspecified atom stereocenters. The van der Waals surface area contributed by atoms with E-state index >= 15 is 0 Å². The van der Waals surface area contributed by atoms with Crippen molar-refractivity contribution in [2.45, 2.75) is 49.8 Å². The Morgan fingerprint density at radius 3 is 2.12 bits per heavy atom. The number of phenols is 5. The quantitative estimate of drug-likeness (QED) is 0.275. The maximum Gasteiger partial charge on any atom is 0.203 e. The molecule has 8 N–H and O–H groups in total.